The van der Waals surface area contributed by atoms with Crippen LogP contribution in [0.2, 0.25) is 0 Å². The minimum absolute atomic E-state index is 0.0138. The van der Waals surface area contributed by atoms with E-state index in [1.165, 1.54) is 23.8 Å². The van der Waals surface area contributed by atoms with Gasteiger partial charge in [0.05, 0.1) is 0 Å². The highest BCUT2D eigenvalue weighted by atomic mass is 16.6. The zero-order valence-corrected chi connectivity index (χ0v) is 16.0. The van der Waals surface area contributed by atoms with Crippen LogP contribution in [0.4, 0.5) is 10.5 Å². The fourth-order valence-corrected chi connectivity index (χ4v) is 2.51. The van der Waals surface area contributed by atoms with Crippen LogP contribution in [0.3, 0.4) is 0 Å². The van der Waals surface area contributed by atoms with Gasteiger partial charge in [0.15, 0.2) is 0 Å². The lowest BCUT2D eigenvalue weighted by Gasteiger charge is -2.21. The highest BCUT2D eigenvalue weighted by molar-refractivity contribution is 5.85. The molecule has 0 radical (unpaired) electrons. The Balaban J connectivity index is 2.22. The summed E-state index contributed by atoms with van der Waals surface area (Å²) < 4.78 is 6.42. The molecule has 0 aliphatic heterocycles. The molecule has 27 heavy (non-hydrogen) atoms. The number of amides is 3. The van der Waals surface area contributed by atoms with Crippen molar-refractivity contribution in [1.29, 1.82) is 0 Å². The van der Waals surface area contributed by atoms with Gasteiger partial charge in [-0.05, 0) is 45.2 Å². The van der Waals surface area contributed by atoms with E-state index in [0.717, 1.165) is 12.8 Å². The number of ether oxygens (including phenoxy) is 1. The summed E-state index contributed by atoms with van der Waals surface area (Å²) in [6.07, 6.45) is 3.20. The van der Waals surface area contributed by atoms with Gasteiger partial charge in [-0.1, -0.05) is 12.8 Å². The molecule has 1 aromatic heterocycles. The second-order valence-electron chi connectivity index (χ2n) is 7.63. The summed E-state index contributed by atoms with van der Waals surface area (Å²) in [7, 11) is 0. The molecule has 1 fully saturated rings. The third-order valence-electron chi connectivity index (χ3n) is 3.86. The first-order chi connectivity index (χ1) is 12.6. The summed E-state index contributed by atoms with van der Waals surface area (Å²) in [6.45, 7) is 6.42. The number of pyridine rings is 1. The second kappa shape index (κ2) is 8.24. The first kappa shape index (κ1) is 20.5. The number of nitrogens with one attached hydrogen (secondary N) is 3. The van der Waals surface area contributed by atoms with Gasteiger partial charge >= 0.3 is 6.09 Å². The molecule has 1 aromatic rings. The van der Waals surface area contributed by atoms with Crippen LogP contribution in [0.1, 0.15) is 53.0 Å². The predicted molar refractivity (Wildman–Crippen MR) is 98.9 cm³/mol. The molecule has 1 unspecified atom stereocenters. The molecule has 0 spiro atoms. The van der Waals surface area contributed by atoms with Crippen LogP contribution in [-0.4, -0.2) is 28.1 Å². The number of aromatic nitrogens is 1. The van der Waals surface area contributed by atoms with Crippen molar-refractivity contribution < 1.29 is 19.1 Å². The Morgan fingerprint density at radius 2 is 1.93 bits per heavy atom. The highest BCUT2D eigenvalue weighted by Crippen LogP contribution is 2.36. The molecule has 9 heteroatoms. The van der Waals surface area contributed by atoms with Crippen LogP contribution in [0.5, 0.6) is 0 Å². The van der Waals surface area contributed by atoms with Crippen molar-refractivity contribution in [3.8, 4) is 0 Å². The van der Waals surface area contributed by atoms with Crippen LogP contribution < -0.4 is 21.7 Å². The first-order valence-corrected chi connectivity index (χ1v) is 8.84. The number of nitrogens with zero attached hydrogens (tertiary/aromatic N) is 1. The summed E-state index contributed by atoms with van der Waals surface area (Å²) in [5.74, 6) is -0.553. The van der Waals surface area contributed by atoms with Crippen LogP contribution in [-0.2, 0) is 14.3 Å². The van der Waals surface area contributed by atoms with E-state index < -0.39 is 35.1 Å². The van der Waals surface area contributed by atoms with Crippen LogP contribution in [0, 0.1) is 5.92 Å². The predicted octanol–water partition coefficient (Wildman–Crippen LogP) is 1.70. The van der Waals surface area contributed by atoms with Crippen molar-refractivity contribution >= 4 is 23.6 Å². The minimum atomic E-state index is -0.794. The molecule has 2 rings (SSSR count). The Morgan fingerprint density at radius 3 is 2.48 bits per heavy atom. The van der Waals surface area contributed by atoms with Crippen molar-refractivity contribution in [3.05, 3.63) is 28.7 Å². The molecule has 3 amide bonds. The zero-order chi connectivity index (χ0) is 20.2. The fraction of sp³-hybridized carbons (Fsp3) is 0.556. The Morgan fingerprint density at radius 1 is 1.26 bits per heavy atom. The molecule has 1 aliphatic rings. The highest BCUT2D eigenvalue weighted by Gasteiger charge is 2.31. The van der Waals surface area contributed by atoms with E-state index in [4.69, 9.17) is 4.74 Å². The molecule has 3 N–H and O–H groups in total. The molecule has 0 bridgehead atoms. The molecular weight excluding hydrogens is 352 g/mol. The number of anilines is 1. The molecule has 1 atom stereocenters. The van der Waals surface area contributed by atoms with E-state index in [1.807, 2.05) is 0 Å². The quantitative estimate of drug-likeness (QED) is 0.674. The van der Waals surface area contributed by atoms with Gasteiger partial charge in [0, 0.05) is 13.1 Å². The average molecular weight is 378 g/mol. The van der Waals surface area contributed by atoms with Gasteiger partial charge in [-0.2, -0.15) is 0 Å². The van der Waals surface area contributed by atoms with Crippen LogP contribution in [0.15, 0.2) is 23.1 Å². The van der Waals surface area contributed by atoms with E-state index in [-0.39, 0.29) is 5.69 Å². The number of hydrogen-bond donors (Lipinski definition) is 3. The van der Waals surface area contributed by atoms with Gasteiger partial charge < -0.3 is 9.30 Å². The van der Waals surface area contributed by atoms with Gasteiger partial charge in [0.1, 0.15) is 17.3 Å². The maximum Gasteiger partial charge on any atom is 0.412 e. The zero-order valence-electron chi connectivity index (χ0n) is 16.0. The van der Waals surface area contributed by atoms with Crippen molar-refractivity contribution in [2.24, 2.45) is 5.92 Å². The lowest BCUT2D eigenvalue weighted by molar-refractivity contribution is -0.130. The smallest absolute Gasteiger partial charge is 0.412 e. The van der Waals surface area contributed by atoms with Gasteiger partial charge in [-0.15, -0.1) is 0 Å². The molecule has 0 aromatic carbocycles. The Labute approximate surface area is 157 Å². The molecule has 9 nitrogen and oxygen atoms in total. The molecule has 1 saturated carbocycles. The largest absolute Gasteiger partial charge is 0.444 e. The Hall–Kier alpha value is -2.84. The number of hydrogen-bond acceptors (Lipinski definition) is 5. The standard InChI is InChI=1S/C18H26N4O5/c1-11(23)20-21-15(24)14(10-12-7-8-12)22-9-5-6-13(16(22)25)19-17(26)27-18(2,3)4/h5-6,9,12,14H,7-8,10H2,1-4H3,(H,19,26)(H,20,23)(H,21,24). The third-order valence-corrected chi connectivity index (χ3v) is 3.86. The van der Waals surface area contributed by atoms with Crippen LogP contribution >= 0.6 is 0 Å². The molecule has 148 valence electrons. The van der Waals surface area contributed by atoms with Crippen molar-refractivity contribution in [3.63, 3.8) is 0 Å². The molecular formula is C18H26N4O5. The maximum absolute atomic E-state index is 12.8. The van der Waals surface area contributed by atoms with Gasteiger partial charge in [-0.3, -0.25) is 30.6 Å². The summed E-state index contributed by atoms with van der Waals surface area (Å²) >= 11 is 0. The van der Waals surface area contributed by atoms with E-state index >= 15 is 0 Å². The van der Waals surface area contributed by atoms with Crippen molar-refractivity contribution in [2.45, 2.75) is 58.6 Å². The SMILES string of the molecule is CC(=O)NNC(=O)C(CC1CC1)n1cccc(NC(=O)OC(C)(C)C)c1=O. The van der Waals surface area contributed by atoms with E-state index in [9.17, 15) is 19.2 Å². The van der Waals surface area contributed by atoms with Crippen molar-refractivity contribution in [2.75, 3.05) is 5.32 Å². The van der Waals surface area contributed by atoms with E-state index in [0.29, 0.717) is 12.3 Å². The lowest BCUT2D eigenvalue weighted by Crippen LogP contribution is -2.46. The maximum atomic E-state index is 12.8. The number of hydrazine groups is 1. The minimum Gasteiger partial charge on any atom is -0.444 e. The van der Waals surface area contributed by atoms with Crippen molar-refractivity contribution in [1.82, 2.24) is 15.4 Å². The molecule has 1 aliphatic carbocycles. The van der Waals surface area contributed by atoms with Gasteiger partial charge in [0.25, 0.3) is 11.5 Å². The Kier molecular flexibility index (Phi) is 6.24. The Bertz CT molecular complexity index is 777. The van der Waals surface area contributed by atoms with E-state index in [1.54, 1.807) is 26.8 Å². The monoisotopic (exact) mass is 378 g/mol. The summed E-state index contributed by atoms with van der Waals surface area (Å²) in [4.78, 5) is 48.3. The first-order valence-electron chi connectivity index (χ1n) is 8.84. The number of carbonyl (C=O) groups is 3. The number of carbonyl (C=O) groups excluding carboxylic acids is 3. The molecule has 1 heterocycles. The summed E-state index contributed by atoms with van der Waals surface area (Å²) in [5.41, 5.74) is 3.35. The summed E-state index contributed by atoms with van der Waals surface area (Å²) in [6, 6.07) is 2.22. The fourth-order valence-electron chi connectivity index (χ4n) is 2.51. The second-order valence-corrected chi connectivity index (χ2v) is 7.63. The van der Waals surface area contributed by atoms with Gasteiger partial charge in [-0.25, -0.2) is 4.79 Å². The topological polar surface area (TPSA) is 119 Å². The number of rotatable bonds is 5. The van der Waals surface area contributed by atoms with Gasteiger partial charge in [0.2, 0.25) is 5.91 Å². The lowest BCUT2D eigenvalue weighted by atomic mass is 10.1. The normalized spacial score (nSPS) is 14.8. The summed E-state index contributed by atoms with van der Waals surface area (Å²) in [5, 5.41) is 2.42. The molecule has 0 saturated heterocycles. The van der Waals surface area contributed by atoms with Crippen LogP contribution in [0.25, 0.3) is 0 Å². The average Bonchev–Trinajstić information content (AvgIpc) is 3.35. The van der Waals surface area contributed by atoms with E-state index in [2.05, 4.69) is 16.2 Å². The third kappa shape index (κ3) is 6.43.